The van der Waals surface area contributed by atoms with Gasteiger partial charge in [0.2, 0.25) is 0 Å². The molecule has 0 radical (unpaired) electrons. The molecule has 168 valence electrons. The van der Waals surface area contributed by atoms with E-state index in [1.807, 2.05) is 78.9 Å². The monoisotopic (exact) mass is 442 g/mol. The van der Waals surface area contributed by atoms with Gasteiger partial charge in [0.15, 0.2) is 6.04 Å². The van der Waals surface area contributed by atoms with Gasteiger partial charge in [0, 0.05) is 0 Å². The van der Waals surface area contributed by atoms with E-state index in [2.05, 4.69) is 5.32 Å². The van der Waals surface area contributed by atoms with Gasteiger partial charge in [-0.15, -0.1) is 0 Å². The zero-order chi connectivity index (χ0) is 23.4. The fourth-order valence-electron chi connectivity index (χ4n) is 5.44. The second-order valence-corrected chi connectivity index (χ2v) is 9.09. The van der Waals surface area contributed by atoms with Gasteiger partial charge in [0.1, 0.15) is 5.54 Å². The van der Waals surface area contributed by atoms with Gasteiger partial charge in [0.25, 0.3) is 0 Å². The molecule has 3 aromatic carbocycles. The first-order valence-electron chi connectivity index (χ1n) is 11.0. The van der Waals surface area contributed by atoms with Crippen molar-refractivity contribution < 1.29 is 19.4 Å². The van der Waals surface area contributed by atoms with E-state index in [4.69, 9.17) is 4.74 Å². The zero-order valence-corrected chi connectivity index (χ0v) is 18.8. The average molecular weight is 443 g/mol. The molecule has 1 heterocycles. The number of urea groups is 1. The molecule has 0 unspecified atom stereocenters. The summed E-state index contributed by atoms with van der Waals surface area (Å²) >= 11 is 0. The van der Waals surface area contributed by atoms with Crippen molar-refractivity contribution in [1.29, 1.82) is 0 Å². The van der Waals surface area contributed by atoms with Crippen LogP contribution in [-0.4, -0.2) is 46.8 Å². The van der Waals surface area contributed by atoms with E-state index in [-0.39, 0.29) is 0 Å². The molecule has 1 saturated heterocycles. The zero-order valence-electron chi connectivity index (χ0n) is 18.8. The van der Waals surface area contributed by atoms with Gasteiger partial charge in [-0.3, -0.25) is 4.90 Å². The Morgan fingerprint density at radius 1 is 0.939 bits per heavy atom. The predicted octanol–water partition coefficient (Wildman–Crippen LogP) is 3.67. The lowest BCUT2D eigenvalue weighted by Crippen LogP contribution is -2.58. The Morgan fingerprint density at radius 3 is 1.97 bits per heavy atom. The van der Waals surface area contributed by atoms with E-state index in [9.17, 15) is 14.7 Å². The number of aliphatic hydroxyl groups is 1. The van der Waals surface area contributed by atoms with Crippen molar-refractivity contribution in [2.45, 2.75) is 37.1 Å². The number of fused-ring (bicyclic) bond motifs is 3. The van der Waals surface area contributed by atoms with Gasteiger partial charge in [0.05, 0.1) is 18.8 Å². The molecule has 1 aliphatic heterocycles. The molecule has 0 spiro atoms. The van der Waals surface area contributed by atoms with Crippen molar-refractivity contribution in [3.05, 3.63) is 95.6 Å². The summed E-state index contributed by atoms with van der Waals surface area (Å²) in [5.41, 5.74) is 2.20. The van der Waals surface area contributed by atoms with E-state index in [1.165, 1.54) is 7.11 Å². The minimum Gasteiger partial charge on any atom is -0.467 e. The molecule has 6 heteroatoms. The van der Waals surface area contributed by atoms with Crippen molar-refractivity contribution in [2.24, 2.45) is 0 Å². The number of amides is 2. The third kappa shape index (κ3) is 2.91. The number of esters is 1. The highest BCUT2D eigenvalue weighted by molar-refractivity contribution is 5.94. The van der Waals surface area contributed by atoms with E-state index in [1.54, 1.807) is 18.7 Å². The maximum Gasteiger partial charge on any atom is 0.330 e. The third-order valence-corrected chi connectivity index (χ3v) is 6.77. The number of benzene rings is 3. The van der Waals surface area contributed by atoms with Gasteiger partial charge >= 0.3 is 12.0 Å². The van der Waals surface area contributed by atoms with E-state index in [0.29, 0.717) is 0 Å². The summed E-state index contributed by atoms with van der Waals surface area (Å²) < 4.78 is 5.17. The van der Waals surface area contributed by atoms with Crippen LogP contribution in [0, 0.1) is 0 Å². The average Bonchev–Trinajstić information content (AvgIpc) is 3.32. The van der Waals surface area contributed by atoms with Gasteiger partial charge in [-0.1, -0.05) is 78.9 Å². The quantitative estimate of drug-likeness (QED) is 0.605. The second-order valence-electron chi connectivity index (χ2n) is 9.09. The van der Waals surface area contributed by atoms with Gasteiger partial charge in [-0.25, -0.2) is 9.59 Å². The maximum atomic E-state index is 13.7. The molecule has 3 aromatic rings. The molecule has 6 nitrogen and oxygen atoms in total. The smallest absolute Gasteiger partial charge is 0.330 e. The summed E-state index contributed by atoms with van der Waals surface area (Å²) in [6, 6.07) is 23.3. The summed E-state index contributed by atoms with van der Waals surface area (Å²) in [6.07, 6.45) is 0. The lowest BCUT2D eigenvalue weighted by Gasteiger charge is -2.44. The van der Waals surface area contributed by atoms with E-state index >= 15 is 0 Å². The number of ether oxygens (including phenoxy) is 1. The number of carbonyl (C=O) groups excluding carboxylic acids is 2. The topological polar surface area (TPSA) is 78.9 Å². The first kappa shape index (κ1) is 21.2. The molecule has 0 saturated carbocycles. The van der Waals surface area contributed by atoms with Crippen LogP contribution in [0.15, 0.2) is 78.9 Å². The van der Waals surface area contributed by atoms with Crippen LogP contribution in [0.4, 0.5) is 4.79 Å². The number of methoxy groups -OCH3 is 1. The van der Waals surface area contributed by atoms with Crippen molar-refractivity contribution in [3.8, 4) is 11.1 Å². The number of hydrogen-bond acceptors (Lipinski definition) is 4. The Balaban J connectivity index is 1.89. The van der Waals surface area contributed by atoms with Crippen molar-refractivity contribution >= 4 is 12.0 Å². The van der Waals surface area contributed by atoms with Gasteiger partial charge in [-0.2, -0.15) is 0 Å². The van der Waals surface area contributed by atoms with Gasteiger partial charge in [-0.05, 0) is 41.7 Å². The normalized spacial score (nSPS) is 20.7. The molecular formula is C27H26N2O4. The lowest BCUT2D eigenvalue weighted by atomic mass is 9.77. The predicted molar refractivity (Wildman–Crippen MR) is 124 cm³/mol. The molecule has 2 N–H and O–H groups in total. The summed E-state index contributed by atoms with van der Waals surface area (Å²) in [7, 11) is 1.30. The van der Waals surface area contributed by atoms with Crippen LogP contribution in [-0.2, 0) is 15.1 Å². The van der Waals surface area contributed by atoms with Crippen LogP contribution in [0.3, 0.4) is 0 Å². The Morgan fingerprint density at radius 2 is 1.45 bits per heavy atom. The summed E-state index contributed by atoms with van der Waals surface area (Å²) in [6.45, 7) is 3.17. The summed E-state index contributed by atoms with van der Waals surface area (Å²) in [5, 5.41) is 13.8. The van der Waals surface area contributed by atoms with Crippen LogP contribution in [0.5, 0.6) is 0 Å². The third-order valence-electron chi connectivity index (χ3n) is 6.77. The van der Waals surface area contributed by atoms with Crippen LogP contribution < -0.4 is 5.32 Å². The Bertz CT molecular complexity index is 1190. The Hall–Kier alpha value is -3.64. The first-order valence-corrected chi connectivity index (χ1v) is 11.0. The number of carbonyl (C=O) groups is 2. The van der Waals surface area contributed by atoms with Crippen LogP contribution in [0.2, 0.25) is 0 Å². The van der Waals surface area contributed by atoms with Crippen LogP contribution >= 0.6 is 0 Å². The van der Waals surface area contributed by atoms with Crippen molar-refractivity contribution in [3.63, 3.8) is 0 Å². The Labute approximate surface area is 192 Å². The summed E-state index contributed by atoms with van der Waals surface area (Å²) in [5.74, 6) is -0.586. The molecule has 1 fully saturated rings. The summed E-state index contributed by atoms with van der Waals surface area (Å²) in [4.78, 5) is 28.5. The standard InChI is InChI=1S/C27H26N2O4/c1-26(2,32)23-22(24(30)33-3)29(25(31)28-23)27(17-11-5-4-6-12-17)20-15-9-7-13-18(20)19-14-8-10-16-21(19)27/h4-16,22-23,32H,1-3H3,(H,28,31)/t22-,23-/m0/s1. The molecule has 33 heavy (non-hydrogen) atoms. The van der Waals surface area contributed by atoms with Crippen molar-refractivity contribution in [1.82, 2.24) is 10.2 Å². The number of nitrogens with one attached hydrogen (secondary N) is 1. The fraction of sp³-hybridized carbons (Fsp3) is 0.259. The maximum absolute atomic E-state index is 13.7. The number of hydrogen-bond donors (Lipinski definition) is 2. The molecule has 2 aliphatic rings. The first-order chi connectivity index (χ1) is 15.8. The number of rotatable bonds is 4. The largest absolute Gasteiger partial charge is 0.467 e. The minimum absolute atomic E-state index is 0.437. The van der Waals surface area contributed by atoms with Crippen LogP contribution in [0.1, 0.15) is 30.5 Å². The van der Waals surface area contributed by atoms with E-state index < -0.39 is 35.2 Å². The van der Waals surface area contributed by atoms with Gasteiger partial charge < -0.3 is 15.2 Å². The molecule has 0 aromatic heterocycles. The Kier molecular flexibility index (Phi) is 4.79. The molecule has 1 aliphatic carbocycles. The lowest BCUT2D eigenvalue weighted by molar-refractivity contribution is -0.149. The van der Waals surface area contributed by atoms with Crippen LogP contribution in [0.25, 0.3) is 11.1 Å². The van der Waals surface area contributed by atoms with Crippen molar-refractivity contribution in [2.75, 3.05) is 7.11 Å². The highest BCUT2D eigenvalue weighted by atomic mass is 16.5. The van der Waals surface area contributed by atoms with E-state index in [0.717, 1.165) is 27.8 Å². The fourth-order valence-corrected chi connectivity index (χ4v) is 5.44. The number of nitrogens with zero attached hydrogens (tertiary/aromatic N) is 1. The highest BCUT2D eigenvalue weighted by Gasteiger charge is 2.61. The minimum atomic E-state index is -1.36. The SMILES string of the molecule is COC(=O)[C@@H]1[C@@H](C(C)(C)O)NC(=O)N1C1(c2ccccc2)c2ccccc2-c2ccccc21. The second kappa shape index (κ2) is 7.46. The highest BCUT2D eigenvalue weighted by Crippen LogP contribution is 2.56. The molecular weight excluding hydrogens is 416 g/mol. The molecule has 2 atom stereocenters. The molecule has 2 amide bonds. The molecule has 5 rings (SSSR count). The molecule has 0 bridgehead atoms.